The Kier molecular flexibility index (Phi) is 4.68. The van der Waals surface area contributed by atoms with E-state index in [-0.39, 0.29) is 16.8 Å². The van der Waals surface area contributed by atoms with Gasteiger partial charge in [-0.1, -0.05) is 0 Å². The fourth-order valence-corrected chi connectivity index (χ4v) is 4.44. The standard InChI is InChI=1S/C16H16N2O3S2/c1-11(23-14-4-2-13(3-5-14)18(20)21)16(19)17-8-6-15-12(10-17)7-9-22-15/h2-5,7,9,11H,6,8,10H2,1H3/t11-/m0/s1. The molecule has 1 atom stereocenters. The van der Waals surface area contributed by atoms with Crippen LogP contribution in [0.25, 0.3) is 0 Å². The van der Waals surface area contributed by atoms with Crippen LogP contribution in [0, 0.1) is 10.1 Å². The van der Waals surface area contributed by atoms with E-state index in [4.69, 9.17) is 0 Å². The third-order valence-electron chi connectivity index (χ3n) is 3.83. The molecule has 3 rings (SSSR count). The Morgan fingerprint density at radius 3 is 2.78 bits per heavy atom. The normalized spacial score (nSPS) is 15.1. The Bertz CT molecular complexity index is 727. The fraction of sp³-hybridized carbons (Fsp3) is 0.312. The van der Waals surface area contributed by atoms with Gasteiger partial charge >= 0.3 is 0 Å². The van der Waals surface area contributed by atoms with E-state index < -0.39 is 4.92 Å². The Hall–Kier alpha value is -1.86. The largest absolute Gasteiger partial charge is 0.337 e. The quantitative estimate of drug-likeness (QED) is 0.480. The number of amides is 1. The van der Waals surface area contributed by atoms with Crippen molar-refractivity contribution in [2.24, 2.45) is 0 Å². The van der Waals surface area contributed by atoms with Gasteiger partial charge in [0.25, 0.3) is 5.69 Å². The lowest BCUT2D eigenvalue weighted by Gasteiger charge is -2.29. The number of benzene rings is 1. The molecule has 0 saturated carbocycles. The van der Waals surface area contributed by atoms with Gasteiger partial charge in [-0.25, -0.2) is 0 Å². The van der Waals surface area contributed by atoms with E-state index in [0.717, 1.165) is 17.9 Å². The van der Waals surface area contributed by atoms with E-state index in [9.17, 15) is 14.9 Å². The Morgan fingerprint density at radius 1 is 1.35 bits per heavy atom. The first-order valence-corrected chi connectivity index (χ1v) is 9.05. The smallest absolute Gasteiger partial charge is 0.269 e. The van der Waals surface area contributed by atoms with Crippen molar-refractivity contribution in [1.82, 2.24) is 4.90 Å². The van der Waals surface area contributed by atoms with Crippen LogP contribution in [0.3, 0.4) is 0 Å². The summed E-state index contributed by atoms with van der Waals surface area (Å²) in [6.07, 6.45) is 0.924. The summed E-state index contributed by atoms with van der Waals surface area (Å²) >= 11 is 3.19. The number of carbonyl (C=O) groups is 1. The number of carbonyl (C=O) groups excluding carboxylic acids is 1. The molecule has 0 radical (unpaired) electrons. The van der Waals surface area contributed by atoms with Gasteiger partial charge in [-0.3, -0.25) is 14.9 Å². The summed E-state index contributed by atoms with van der Waals surface area (Å²) in [5.41, 5.74) is 1.32. The molecule has 0 N–H and O–H groups in total. The molecule has 1 aliphatic rings. The summed E-state index contributed by atoms with van der Waals surface area (Å²) in [6, 6.07) is 8.42. The molecule has 5 nitrogen and oxygen atoms in total. The molecule has 0 aliphatic carbocycles. The number of fused-ring (bicyclic) bond motifs is 1. The number of thioether (sulfide) groups is 1. The summed E-state index contributed by atoms with van der Waals surface area (Å²) in [7, 11) is 0. The number of thiophene rings is 1. The summed E-state index contributed by atoms with van der Waals surface area (Å²) in [6.45, 7) is 3.33. The second-order valence-electron chi connectivity index (χ2n) is 5.39. The average Bonchev–Trinajstić information content (AvgIpc) is 3.02. The van der Waals surface area contributed by atoms with Gasteiger partial charge in [-0.15, -0.1) is 23.1 Å². The Morgan fingerprint density at radius 2 is 2.09 bits per heavy atom. The number of nitro benzene ring substituents is 1. The zero-order chi connectivity index (χ0) is 16.4. The first-order valence-electron chi connectivity index (χ1n) is 7.30. The zero-order valence-corrected chi connectivity index (χ0v) is 14.2. The molecule has 0 fully saturated rings. The minimum Gasteiger partial charge on any atom is -0.337 e. The van der Waals surface area contributed by atoms with Crippen molar-refractivity contribution in [2.45, 2.75) is 30.0 Å². The van der Waals surface area contributed by atoms with Gasteiger partial charge < -0.3 is 4.90 Å². The van der Waals surface area contributed by atoms with Gasteiger partial charge in [0.2, 0.25) is 5.91 Å². The monoisotopic (exact) mass is 348 g/mol. The van der Waals surface area contributed by atoms with Crippen LogP contribution < -0.4 is 0 Å². The van der Waals surface area contributed by atoms with E-state index >= 15 is 0 Å². The molecule has 2 heterocycles. The minimum absolute atomic E-state index is 0.0642. The van der Waals surface area contributed by atoms with Crippen LogP contribution in [0.5, 0.6) is 0 Å². The predicted octanol–water partition coefficient (Wildman–Crippen LogP) is 3.72. The van der Waals surface area contributed by atoms with E-state index in [2.05, 4.69) is 11.4 Å². The van der Waals surface area contributed by atoms with Gasteiger partial charge in [0.1, 0.15) is 0 Å². The average molecular weight is 348 g/mol. The van der Waals surface area contributed by atoms with E-state index in [1.165, 1.54) is 34.3 Å². The summed E-state index contributed by atoms with van der Waals surface area (Å²) in [5, 5.41) is 12.5. The Labute approximate surface area is 142 Å². The van der Waals surface area contributed by atoms with Gasteiger partial charge in [0.05, 0.1) is 10.2 Å². The second kappa shape index (κ2) is 6.72. The molecule has 23 heavy (non-hydrogen) atoms. The van der Waals surface area contributed by atoms with Crippen molar-refractivity contribution in [3.63, 3.8) is 0 Å². The molecule has 1 aromatic heterocycles. The topological polar surface area (TPSA) is 63.5 Å². The molecule has 120 valence electrons. The predicted molar refractivity (Wildman–Crippen MR) is 91.9 cm³/mol. The number of hydrogen-bond acceptors (Lipinski definition) is 5. The molecule has 1 aliphatic heterocycles. The van der Waals surface area contributed by atoms with Crippen LogP contribution in [-0.4, -0.2) is 27.5 Å². The van der Waals surface area contributed by atoms with Crippen LogP contribution in [0.4, 0.5) is 5.69 Å². The van der Waals surface area contributed by atoms with Crippen molar-refractivity contribution in [3.05, 3.63) is 56.3 Å². The first kappa shape index (κ1) is 16.0. The number of nitro groups is 1. The summed E-state index contributed by atoms with van der Waals surface area (Å²) < 4.78 is 0. The lowest BCUT2D eigenvalue weighted by molar-refractivity contribution is -0.384. The highest BCUT2D eigenvalue weighted by atomic mass is 32.2. The van der Waals surface area contributed by atoms with Crippen molar-refractivity contribution in [1.29, 1.82) is 0 Å². The van der Waals surface area contributed by atoms with Crippen LogP contribution in [-0.2, 0) is 17.8 Å². The molecule has 2 aromatic rings. The maximum absolute atomic E-state index is 12.6. The van der Waals surface area contributed by atoms with Crippen molar-refractivity contribution in [3.8, 4) is 0 Å². The van der Waals surface area contributed by atoms with Gasteiger partial charge in [0, 0.05) is 35.0 Å². The minimum atomic E-state index is -0.421. The molecular formula is C16H16N2O3S2. The van der Waals surface area contributed by atoms with Crippen molar-refractivity contribution < 1.29 is 9.72 Å². The highest BCUT2D eigenvalue weighted by Gasteiger charge is 2.25. The highest BCUT2D eigenvalue weighted by Crippen LogP contribution is 2.29. The zero-order valence-electron chi connectivity index (χ0n) is 12.6. The van der Waals surface area contributed by atoms with Crippen LogP contribution in [0.1, 0.15) is 17.4 Å². The molecule has 1 amide bonds. The maximum atomic E-state index is 12.6. The third kappa shape index (κ3) is 3.56. The number of nitrogens with zero attached hydrogens (tertiary/aromatic N) is 2. The summed E-state index contributed by atoms with van der Waals surface area (Å²) in [4.78, 5) is 27.0. The van der Waals surface area contributed by atoms with E-state index in [1.54, 1.807) is 23.5 Å². The Balaban J connectivity index is 1.63. The number of hydrogen-bond donors (Lipinski definition) is 0. The van der Waals surface area contributed by atoms with E-state index in [1.807, 2.05) is 11.8 Å². The van der Waals surface area contributed by atoms with Crippen molar-refractivity contribution >= 4 is 34.7 Å². The molecule has 7 heteroatoms. The van der Waals surface area contributed by atoms with Gasteiger partial charge in [-0.2, -0.15) is 0 Å². The van der Waals surface area contributed by atoms with Gasteiger partial charge in [-0.05, 0) is 42.5 Å². The van der Waals surface area contributed by atoms with Gasteiger partial charge in [0.15, 0.2) is 0 Å². The maximum Gasteiger partial charge on any atom is 0.269 e. The fourth-order valence-electron chi connectivity index (χ4n) is 2.59. The SMILES string of the molecule is C[C@H](Sc1ccc([N+](=O)[O-])cc1)C(=O)N1CCc2sccc2C1. The van der Waals surface area contributed by atoms with Crippen LogP contribution in [0.2, 0.25) is 0 Å². The lowest BCUT2D eigenvalue weighted by atomic mass is 10.1. The molecule has 0 bridgehead atoms. The van der Waals surface area contributed by atoms with Crippen LogP contribution in [0.15, 0.2) is 40.6 Å². The number of non-ortho nitro benzene ring substituents is 1. The molecule has 0 spiro atoms. The van der Waals surface area contributed by atoms with Crippen LogP contribution >= 0.6 is 23.1 Å². The third-order valence-corrected chi connectivity index (χ3v) is 5.95. The first-order chi connectivity index (χ1) is 11.0. The number of rotatable bonds is 4. The van der Waals surface area contributed by atoms with E-state index in [0.29, 0.717) is 6.54 Å². The molecular weight excluding hydrogens is 332 g/mol. The molecule has 0 unspecified atom stereocenters. The highest BCUT2D eigenvalue weighted by molar-refractivity contribution is 8.00. The molecule has 0 saturated heterocycles. The summed E-state index contributed by atoms with van der Waals surface area (Å²) in [5.74, 6) is 0.116. The molecule has 1 aromatic carbocycles. The second-order valence-corrected chi connectivity index (χ2v) is 7.80. The lowest BCUT2D eigenvalue weighted by Crippen LogP contribution is -2.39. The van der Waals surface area contributed by atoms with Crippen molar-refractivity contribution in [2.75, 3.05) is 6.54 Å².